The van der Waals surface area contributed by atoms with Gasteiger partial charge in [0.1, 0.15) is 0 Å². The van der Waals surface area contributed by atoms with E-state index in [2.05, 4.69) is 50.5 Å². The number of benzene rings is 1. The number of allylic oxidation sites excluding steroid dienone is 2. The molecule has 0 spiro atoms. The molecule has 3 rings (SSSR count). The highest BCUT2D eigenvalue weighted by Crippen LogP contribution is 2.36. The van der Waals surface area contributed by atoms with E-state index in [9.17, 15) is 0 Å². The van der Waals surface area contributed by atoms with E-state index >= 15 is 0 Å². The Kier molecular flexibility index (Phi) is 4.14. The van der Waals surface area contributed by atoms with Crippen molar-refractivity contribution in [3.8, 4) is 0 Å². The number of rotatable bonds is 1. The lowest BCUT2D eigenvalue weighted by molar-refractivity contribution is 0.425. The number of nitrogens with zero attached hydrogens (tertiary/aromatic N) is 1. The third kappa shape index (κ3) is 3.04. The molecule has 1 aromatic carbocycles. The number of hydrogen-bond donors (Lipinski definition) is 1. The predicted octanol–water partition coefficient (Wildman–Crippen LogP) is 4.79. The third-order valence-corrected chi connectivity index (χ3v) is 4.93. The van der Waals surface area contributed by atoms with E-state index in [4.69, 9.17) is 5.10 Å². The minimum Gasteiger partial charge on any atom is -0.283 e. The van der Waals surface area contributed by atoms with Crippen LogP contribution in [0.4, 0.5) is 0 Å². The Morgan fingerprint density at radius 1 is 1.05 bits per heavy atom. The summed E-state index contributed by atoms with van der Waals surface area (Å²) < 4.78 is 0. The normalized spacial score (nSPS) is 26.3. The lowest BCUT2D eigenvalue weighted by atomic mass is 9.77. The van der Waals surface area contributed by atoms with Gasteiger partial charge in [-0.3, -0.25) is 5.43 Å². The minimum absolute atomic E-state index is 0.511. The molecule has 1 fully saturated rings. The van der Waals surface area contributed by atoms with E-state index in [1.807, 2.05) is 0 Å². The van der Waals surface area contributed by atoms with Crippen molar-refractivity contribution in [3.63, 3.8) is 0 Å². The molecule has 0 aromatic heterocycles. The summed E-state index contributed by atoms with van der Waals surface area (Å²) in [4.78, 5) is 0. The summed E-state index contributed by atoms with van der Waals surface area (Å²) in [5, 5.41) is 4.70. The average Bonchev–Trinajstić information content (AvgIpc) is 2.45. The van der Waals surface area contributed by atoms with Crippen LogP contribution in [0.3, 0.4) is 0 Å². The molecule has 1 saturated carbocycles. The number of hydrazone groups is 1. The van der Waals surface area contributed by atoms with Crippen molar-refractivity contribution in [2.24, 2.45) is 16.9 Å². The van der Waals surface area contributed by atoms with E-state index in [0.29, 0.717) is 5.92 Å². The molecule has 21 heavy (non-hydrogen) atoms. The lowest BCUT2D eigenvalue weighted by Gasteiger charge is -2.32. The highest BCUT2D eigenvalue weighted by Gasteiger charge is 2.29. The van der Waals surface area contributed by atoms with Gasteiger partial charge >= 0.3 is 0 Å². The molecule has 112 valence electrons. The summed E-state index contributed by atoms with van der Waals surface area (Å²) in [6, 6.07) is 8.81. The molecule has 0 amide bonds. The fourth-order valence-corrected chi connectivity index (χ4v) is 3.64. The van der Waals surface area contributed by atoms with Gasteiger partial charge in [-0.15, -0.1) is 0 Å². The van der Waals surface area contributed by atoms with Gasteiger partial charge in [-0.05, 0) is 43.7 Å². The first kappa shape index (κ1) is 14.4. The van der Waals surface area contributed by atoms with Crippen molar-refractivity contribution in [1.82, 2.24) is 5.43 Å². The van der Waals surface area contributed by atoms with Crippen molar-refractivity contribution in [2.75, 3.05) is 0 Å². The Morgan fingerprint density at radius 3 is 2.52 bits per heavy atom. The van der Waals surface area contributed by atoms with E-state index < -0.39 is 0 Å². The number of nitrogens with one attached hydrogen (secondary N) is 1. The van der Waals surface area contributed by atoms with Crippen LogP contribution in [0, 0.1) is 18.8 Å². The quantitative estimate of drug-likeness (QED) is 0.786. The summed E-state index contributed by atoms with van der Waals surface area (Å²) in [7, 11) is 0. The highest BCUT2D eigenvalue weighted by molar-refractivity contribution is 6.04. The van der Waals surface area contributed by atoms with Crippen LogP contribution < -0.4 is 5.43 Å². The molecule has 1 aliphatic heterocycles. The van der Waals surface area contributed by atoms with Crippen molar-refractivity contribution in [2.45, 2.75) is 52.9 Å². The SMILES string of the molecule is CC1=C2CC(C)CCCCC2C(c2ccc(C)cc2)=NN1. The Labute approximate surface area is 128 Å². The summed E-state index contributed by atoms with van der Waals surface area (Å²) in [5.41, 5.74) is 9.97. The lowest BCUT2D eigenvalue weighted by Crippen LogP contribution is -2.30. The number of hydrogen-bond acceptors (Lipinski definition) is 2. The molecule has 2 aliphatic rings. The molecule has 0 bridgehead atoms. The highest BCUT2D eigenvalue weighted by atomic mass is 15.3. The second-order valence-electron chi connectivity index (χ2n) is 6.77. The summed E-state index contributed by atoms with van der Waals surface area (Å²) in [6.45, 7) is 6.71. The zero-order valence-electron chi connectivity index (χ0n) is 13.4. The molecule has 2 unspecified atom stereocenters. The molecule has 1 aromatic rings. The molecule has 1 heterocycles. The largest absolute Gasteiger partial charge is 0.283 e. The van der Waals surface area contributed by atoms with Gasteiger partial charge in [0.15, 0.2) is 0 Å². The van der Waals surface area contributed by atoms with Crippen molar-refractivity contribution >= 4 is 5.71 Å². The molecule has 2 nitrogen and oxygen atoms in total. The standard InChI is InChI=1S/C19H26N2/c1-13-8-10-16(11-9-13)19-17-7-5-4-6-14(2)12-18(17)15(3)20-21-19/h8-11,14,17,20H,4-7,12H2,1-3H3. The van der Waals surface area contributed by atoms with Crippen LogP contribution in [0.25, 0.3) is 0 Å². The van der Waals surface area contributed by atoms with Crippen LogP contribution >= 0.6 is 0 Å². The first-order valence-corrected chi connectivity index (χ1v) is 8.25. The maximum atomic E-state index is 4.70. The van der Waals surface area contributed by atoms with E-state index in [0.717, 1.165) is 5.92 Å². The van der Waals surface area contributed by atoms with Crippen LogP contribution in [0.5, 0.6) is 0 Å². The second-order valence-corrected chi connectivity index (χ2v) is 6.77. The molecule has 0 saturated heterocycles. The fraction of sp³-hybridized carbons (Fsp3) is 0.526. The summed E-state index contributed by atoms with van der Waals surface area (Å²) >= 11 is 0. The Balaban J connectivity index is 1.93. The predicted molar refractivity (Wildman–Crippen MR) is 89.3 cm³/mol. The van der Waals surface area contributed by atoms with Gasteiger partial charge in [-0.2, -0.15) is 5.10 Å². The summed E-state index contributed by atoms with van der Waals surface area (Å²) in [5.74, 6) is 1.30. The van der Waals surface area contributed by atoms with Gasteiger partial charge in [-0.1, -0.05) is 56.0 Å². The second kappa shape index (κ2) is 6.05. The maximum Gasteiger partial charge on any atom is 0.0751 e. The Bertz CT molecular complexity index is 566. The molecule has 1 N–H and O–H groups in total. The van der Waals surface area contributed by atoms with Crippen LogP contribution in [-0.4, -0.2) is 5.71 Å². The Morgan fingerprint density at radius 2 is 1.76 bits per heavy atom. The number of aryl methyl sites for hydroxylation is 1. The van der Waals surface area contributed by atoms with Crippen LogP contribution in [0.15, 0.2) is 40.6 Å². The minimum atomic E-state index is 0.511. The van der Waals surface area contributed by atoms with Gasteiger partial charge in [0.25, 0.3) is 0 Å². The van der Waals surface area contributed by atoms with Gasteiger partial charge < -0.3 is 0 Å². The molecular weight excluding hydrogens is 256 g/mol. The van der Waals surface area contributed by atoms with Crippen LogP contribution in [0.2, 0.25) is 0 Å². The fourth-order valence-electron chi connectivity index (χ4n) is 3.64. The zero-order chi connectivity index (χ0) is 14.8. The van der Waals surface area contributed by atoms with Crippen LogP contribution in [-0.2, 0) is 0 Å². The molecule has 2 atom stereocenters. The monoisotopic (exact) mass is 282 g/mol. The van der Waals surface area contributed by atoms with E-state index in [1.165, 1.54) is 54.6 Å². The van der Waals surface area contributed by atoms with E-state index in [1.54, 1.807) is 5.57 Å². The van der Waals surface area contributed by atoms with Crippen LogP contribution in [0.1, 0.15) is 57.1 Å². The molecule has 2 heteroatoms. The van der Waals surface area contributed by atoms with Gasteiger partial charge in [0.2, 0.25) is 0 Å². The number of fused-ring (bicyclic) bond motifs is 1. The maximum absolute atomic E-state index is 4.70. The van der Waals surface area contributed by atoms with Gasteiger partial charge in [0, 0.05) is 11.6 Å². The van der Waals surface area contributed by atoms with E-state index in [-0.39, 0.29) is 0 Å². The molecule has 1 aliphatic carbocycles. The zero-order valence-corrected chi connectivity index (χ0v) is 13.4. The first-order valence-electron chi connectivity index (χ1n) is 8.25. The Hall–Kier alpha value is -1.57. The van der Waals surface area contributed by atoms with Crippen molar-refractivity contribution < 1.29 is 0 Å². The smallest absolute Gasteiger partial charge is 0.0751 e. The summed E-state index contributed by atoms with van der Waals surface area (Å²) in [6.07, 6.45) is 6.50. The first-order chi connectivity index (χ1) is 10.1. The van der Waals surface area contributed by atoms with Gasteiger partial charge in [0.05, 0.1) is 5.71 Å². The molecular formula is C19H26N2. The third-order valence-electron chi connectivity index (χ3n) is 4.93. The van der Waals surface area contributed by atoms with Crippen molar-refractivity contribution in [1.29, 1.82) is 0 Å². The van der Waals surface area contributed by atoms with Gasteiger partial charge in [-0.25, -0.2) is 0 Å². The topological polar surface area (TPSA) is 24.4 Å². The molecule has 0 radical (unpaired) electrons. The van der Waals surface area contributed by atoms with Crippen molar-refractivity contribution in [3.05, 3.63) is 46.7 Å². The average molecular weight is 282 g/mol.